The second kappa shape index (κ2) is 33.7. The Labute approximate surface area is 580 Å². The molecule has 0 aromatic rings. The SMILES string of the molecule is CC(=O)N[C@@H](CO)CC(=O)N[C@H]1CCC[C@@H]1C(=O)N[C@H]1CCC[C@@H]1C(=O)N[C@H]1CCC[C@@H]1C(=O)N[C@H]1CCC[C@@H]1C(=O)N[C@H]1CCC[C@@H]1C(=O)N[C@H]1CCC[C@@H]1C(=O)N[C@H]1CCC[C@@H]1C(=O)N[C@H]1CCC[C@@H]1C(=O)N[C@H]1CCC[C@@H]1C(=O)N[C@H]1CCC[C@@H]1C(=O)N[C@H]1CCC[C@@H]1C(N)=O. The zero-order valence-corrected chi connectivity index (χ0v) is 57.9. The summed E-state index contributed by atoms with van der Waals surface area (Å²) in [6.07, 6.45) is 21.5. The van der Waals surface area contributed by atoms with Gasteiger partial charge in [0.15, 0.2) is 0 Å². The summed E-state index contributed by atoms with van der Waals surface area (Å²) in [7, 11) is 0. The number of aliphatic hydroxyl groups is 1. The van der Waals surface area contributed by atoms with Gasteiger partial charge in [-0.3, -0.25) is 62.3 Å². The lowest BCUT2D eigenvalue weighted by molar-refractivity contribution is -0.133. The summed E-state index contributed by atoms with van der Waals surface area (Å²) in [5.74, 6) is -8.41. The van der Waals surface area contributed by atoms with Gasteiger partial charge in [0.05, 0.1) is 77.7 Å². The number of primary amides is 1. The first kappa shape index (κ1) is 73.3. The van der Waals surface area contributed by atoms with Crippen molar-refractivity contribution in [2.24, 2.45) is 70.8 Å². The highest BCUT2D eigenvalue weighted by atomic mass is 16.3. The number of carbonyl (C=O) groups is 13. The summed E-state index contributed by atoms with van der Waals surface area (Å²) >= 11 is 0. The molecule has 0 spiro atoms. The van der Waals surface area contributed by atoms with E-state index in [1.165, 1.54) is 6.92 Å². The molecule has 11 aliphatic carbocycles. The Kier molecular flexibility index (Phi) is 24.9. The Morgan fingerprint density at radius 3 is 0.596 bits per heavy atom. The van der Waals surface area contributed by atoms with Crippen LogP contribution in [0.5, 0.6) is 0 Å². The molecular formula is C72H111N13O14. The minimum atomic E-state index is -0.736. The number of nitrogens with two attached hydrogens (primary N) is 1. The molecule has 0 aromatic carbocycles. The van der Waals surface area contributed by atoms with Crippen LogP contribution >= 0.6 is 0 Å². The van der Waals surface area contributed by atoms with Gasteiger partial charge in [0.1, 0.15) is 0 Å². The molecule has 548 valence electrons. The predicted octanol–water partition coefficient (Wildman–Crippen LogP) is 1.49. The molecule has 11 fully saturated rings. The van der Waals surface area contributed by atoms with Crippen molar-refractivity contribution in [1.82, 2.24) is 63.8 Å². The number of hydrogen-bond donors (Lipinski definition) is 14. The Morgan fingerprint density at radius 1 is 0.273 bits per heavy atom. The third-order valence-corrected chi connectivity index (χ3v) is 25.1. The first-order chi connectivity index (χ1) is 47.7. The van der Waals surface area contributed by atoms with Gasteiger partial charge in [0.25, 0.3) is 0 Å². The van der Waals surface area contributed by atoms with E-state index in [1.54, 1.807) is 0 Å². The maximum atomic E-state index is 14.2. The van der Waals surface area contributed by atoms with Crippen molar-refractivity contribution in [3.05, 3.63) is 0 Å². The highest BCUT2D eigenvalue weighted by Crippen LogP contribution is 2.38. The van der Waals surface area contributed by atoms with E-state index in [1.807, 2.05) is 0 Å². The van der Waals surface area contributed by atoms with E-state index in [4.69, 9.17) is 5.73 Å². The van der Waals surface area contributed by atoms with Crippen LogP contribution in [0.15, 0.2) is 0 Å². The van der Waals surface area contributed by atoms with E-state index in [9.17, 15) is 67.4 Å². The van der Waals surface area contributed by atoms with Gasteiger partial charge in [0.2, 0.25) is 76.8 Å². The van der Waals surface area contributed by atoms with Crippen LogP contribution < -0.4 is 69.5 Å². The van der Waals surface area contributed by atoms with Crippen LogP contribution in [0, 0.1) is 65.1 Å². The first-order valence-electron chi connectivity index (χ1n) is 38.2. The molecule has 0 aliphatic heterocycles. The van der Waals surface area contributed by atoms with Gasteiger partial charge < -0.3 is 74.6 Å². The number of carbonyl (C=O) groups excluding carboxylic acids is 13. The van der Waals surface area contributed by atoms with E-state index < -0.39 is 126 Å². The van der Waals surface area contributed by atoms with Gasteiger partial charge in [0, 0.05) is 79.8 Å². The first-order valence-corrected chi connectivity index (χ1v) is 38.2. The van der Waals surface area contributed by atoms with Crippen molar-refractivity contribution in [1.29, 1.82) is 0 Å². The smallest absolute Gasteiger partial charge is 0.225 e. The molecule has 99 heavy (non-hydrogen) atoms. The molecule has 0 heterocycles. The molecule has 0 bridgehead atoms. The van der Waals surface area contributed by atoms with Crippen LogP contribution in [0.2, 0.25) is 0 Å². The van der Waals surface area contributed by atoms with Crippen molar-refractivity contribution >= 4 is 76.8 Å². The molecule has 0 aromatic heterocycles. The summed E-state index contributed by atoms with van der Waals surface area (Å²) in [5.41, 5.74) is 5.61. The molecule has 27 heteroatoms. The minimum Gasteiger partial charge on any atom is -0.394 e. The lowest BCUT2D eigenvalue weighted by Crippen LogP contribution is -2.54. The molecule has 0 radical (unpaired) electrons. The fourth-order valence-electron chi connectivity index (χ4n) is 19.8. The van der Waals surface area contributed by atoms with Gasteiger partial charge in [-0.1, -0.05) is 70.6 Å². The van der Waals surface area contributed by atoms with E-state index in [0.717, 1.165) is 70.6 Å². The van der Waals surface area contributed by atoms with Gasteiger partial charge in [-0.05, 0) is 141 Å². The molecule has 15 N–H and O–H groups in total. The average molecular weight is 1380 g/mol. The predicted molar refractivity (Wildman–Crippen MR) is 360 cm³/mol. The fourth-order valence-corrected chi connectivity index (χ4v) is 19.8. The molecule has 0 unspecified atom stereocenters. The molecule has 11 saturated carbocycles. The highest BCUT2D eigenvalue weighted by Gasteiger charge is 2.48. The van der Waals surface area contributed by atoms with Crippen LogP contribution in [0.3, 0.4) is 0 Å². The number of amides is 13. The second-order valence-corrected chi connectivity index (χ2v) is 31.4. The second-order valence-electron chi connectivity index (χ2n) is 31.4. The fraction of sp³-hybridized carbons (Fsp3) is 0.819. The van der Waals surface area contributed by atoms with Crippen LogP contribution in [-0.4, -0.2) is 161 Å². The Bertz CT molecular complexity index is 3010. The van der Waals surface area contributed by atoms with Crippen LogP contribution in [-0.2, 0) is 62.3 Å². The molecule has 23 atom stereocenters. The number of aliphatic hydroxyl groups excluding tert-OH is 1. The Hall–Kier alpha value is -6.93. The molecule has 11 rings (SSSR count). The summed E-state index contributed by atoms with van der Waals surface area (Å²) in [4.78, 5) is 177. The highest BCUT2D eigenvalue weighted by molar-refractivity contribution is 5.90. The van der Waals surface area contributed by atoms with E-state index in [-0.39, 0.29) is 101 Å². The lowest BCUT2D eigenvalue weighted by Gasteiger charge is -2.29. The summed E-state index contributed by atoms with van der Waals surface area (Å²) < 4.78 is 0. The quantitative estimate of drug-likeness (QED) is 0.0584. The zero-order chi connectivity index (χ0) is 70.0. The molecule has 0 saturated heterocycles. The van der Waals surface area contributed by atoms with Gasteiger partial charge in [-0.25, -0.2) is 0 Å². The standard InChI is InChI=1S/C72H111N13O14/c1-37(87)74-38(36-86)35-61(88)75-51-25-3-14-40(51)63(90)77-53-27-5-16-42(53)65(92)79-55-29-7-18-44(55)67(94)81-57-31-9-20-46(57)69(96)83-59-33-11-22-48(59)71(98)85-60-34-12-23-49(60)72(99)84-58-32-10-21-47(58)70(97)82-56-30-8-19-45(56)68(95)80-54-28-6-17-43(54)66(93)78-52-26-4-15-41(52)64(91)76-50-24-2-13-39(50)62(73)89/h38-60,86H,2-36H2,1H3,(H2,73,89)(H,74,87)(H,75,88)(H,76,91)(H,77,90)(H,78,93)(H,79,92)(H,80,95)(H,81,94)(H,82,97)(H,83,96)(H,84,99)(H,85,98)/t38-,39+,40+,41+,42+,43+,44+,45+,46+,47+,48+,49+,50+,51+,52+,53+,54+,55+,56+,57+,58+,59+,60+/m1/s1. The summed E-state index contributed by atoms with van der Waals surface area (Å²) in [5, 5.41) is 46.8. The van der Waals surface area contributed by atoms with Crippen LogP contribution in [0.1, 0.15) is 225 Å². The molecule has 27 nitrogen and oxygen atoms in total. The maximum Gasteiger partial charge on any atom is 0.225 e. The van der Waals surface area contributed by atoms with Gasteiger partial charge in [-0.15, -0.1) is 0 Å². The number of nitrogens with one attached hydrogen (secondary N) is 12. The van der Waals surface area contributed by atoms with Crippen molar-refractivity contribution in [3.8, 4) is 0 Å². The zero-order valence-electron chi connectivity index (χ0n) is 57.9. The van der Waals surface area contributed by atoms with Gasteiger partial charge in [-0.2, -0.15) is 0 Å². The topological polar surface area (TPSA) is 413 Å². The van der Waals surface area contributed by atoms with Crippen LogP contribution in [0.25, 0.3) is 0 Å². The summed E-state index contributed by atoms with van der Waals surface area (Å²) in [6, 6.07) is -5.10. The van der Waals surface area contributed by atoms with Gasteiger partial charge >= 0.3 is 0 Å². The third-order valence-electron chi connectivity index (χ3n) is 25.1. The summed E-state index contributed by atoms with van der Waals surface area (Å²) in [6.45, 7) is 0.907. The monoisotopic (exact) mass is 1380 g/mol. The molecular weight excluding hydrogens is 1270 g/mol. The Balaban J connectivity index is 0.603. The normalized spacial score (nSPS) is 36.5. The number of hydrogen-bond acceptors (Lipinski definition) is 14. The average Bonchev–Trinajstić information content (AvgIpc) is 1.72. The van der Waals surface area contributed by atoms with Crippen molar-refractivity contribution < 1.29 is 67.4 Å². The van der Waals surface area contributed by atoms with Crippen molar-refractivity contribution in [2.45, 2.75) is 298 Å². The van der Waals surface area contributed by atoms with E-state index >= 15 is 0 Å². The third kappa shape index (κ3) is 17.9. The minimum absolute atomic E-state index is 0.124. The molecule has 11 aliphatic rings. The van der Waals surface area contributed by atoms with E-state index in [0.29, 0.717) is 141 Å². The van der Waals surface area contributed by atoms with Crippen molar-refractivity contribution in [3.63, 3.8) is 0 Å². The van der Waals surface area contributed by atoms with Crippen molar-refractivity contribution in [2.75, 3.05) is 6.61 Å². The molecule has 13 amide bonds. The van der Waals surface area contributed by atoms with E-state index in [2.05, 4.69) is 63.8 Å². The maximum absolute atomic E-state index is 14.2. The Morgan fingerprint density at radius 2 is 0.434 bits per heavy atom. The largest absolute Gasteiger partial charge is 0.394 e. The number of rotatable bonds is 26. The van der Waals surface area contributed by atoms with Crippen LogP contribution in [0.4, 0.5) is 0 Å². The lowest BCUT2D eigenvalue weighted by atomic mass is 9.95.